The molecule has 0 spiro atoms. The number of amides is 1. The van der Waals surface area contributed by atoms with Crippen molar-refractivity contribution in [3.05, 3.63) is 30.1 Å². The average molecular weight is 426 g/mol. The van der Waals surface area contributed by atoms with Crippen LogP contribution in [0.1, 0.15) is 82.6 Å². The second-order valence-corrected chi connectivity index (χ2v) is 10.1. The molecule has 2 aliphatic carbocycles. The van der Waals surface area contributed by atoms with Gasteiger partial charge in [0, 0.05) is 32.0 Å². The van der Waals surface area contributed by atoms with E-state index in [0.29, 0.717) is 12.0 Å². The van der Waals surface area contributed by atoms with E-state index in [1.807, 2.05) is 18.5 Å². The van der Waals surface area contributed by atoms with Crippen molar-refractivity contribution in [1.82, 2.24) is 20.5 Å². The predicted octanol–water partition coefficient (Wildman–Crippen LogP) is 4.22. The van der Waals surface area contributed by atoms with Crippen molar-refractivity contribution in [3.63, 3.8) is 0 Å². The van der Waals surface area contributed by atoms with Gasteiger partial charge in [0.1, 0.15) is 5.54 Å². The van der Waals surface area contributed by atoms with E-state index in [9.17, 15) is 4.79 Å². The van der Waals surface area contributed by atoms with Gasteiger partial charge in [0.05, 0.1) is 0 Å². The van der Waals surface area contributed by atoms with E-state index in [1.165, 1.54) is 61.8 Å². The number of rotatable bonds is 8. The molecule has 3 aliphatic rings. The molecule has 3 N–H and O–H groups in total. The van der Waals surface area contributed by atoms with Crippen molar-refractivity contribution >= 4 is 11.9 Å². The van der Waals surface area contributed by atoms with Gasteiger partial charge in [-0.3, -0.25) is 20.1 Å². The molecule has 0 aromatic carbocycles. The Bertz CT molecular complexity index is 748. The molecule has 2 saturated carbocycles. The van der Waals surface area contributed by atoms with Crippen LogP contribution in [-0.4, -0.2) is 40.4 Å². The number of likely N-dealkylation sites (N-methyl/N-ethyl adjacent to an activating group) is 1. The molecule has 1 aromatic rings. The molecule has 6 heteroatoms. The lowest BCUT2D eigenvalue weighted by Gasteiger charge is -2.37. The number of hydrogen-bond acceptors (Lipinski definition) is 4. The zero-order valence-electron chi connectivity index (χ0n) is 19.0. The molecule has 1 aromatic heterocycles. The normalized spacial score (nSPS) is 29.9. The van der Waals surface area contributed by atoms with Gasteiger partial charge in [-0.05, 0) is 55.6 Å². The van der Waals surface area contributed by atoms with E-state index in [2.05, 4.69) is 21.7 Å². The first-order valence-corrected chi connectivity index (χ1v) is 12.3. The largest absolute Gasteiger partial charge is 0.342 e. The molecule has 170 valence electrons. The molecular weight excluding hydrogens is 386 g/mol. The van der Waals surface area contributed by atoms with E-state index in [1.54, 1.807) is 7.05 Å². The highest BCUT2D eigenvalue weighted by molar-refractivity contribution is 6.07. The van der Waals surface area contributed by atoms with E-state index >= 15 is 0 Å². The molecule has 4 rings (SSSR count). The molecule has 0 radical (unpaired) electrons. The Balaban J connectivity index is 1.37. The van der Waals surface area contributed by atoms with Gasteiger partial charge >= 0.3 is 0 Å². The highest BCUT2D eigenvalue weighted by atomic mass is 16.2. The predicted molar refractivity (Wildman–Crippen MR) is 124 cm³/mol. The Labute approximate surface area is 187 Å². The summed E-state index contributed by atoms with van der Waals surface area (Å²) in [5, 5.41) is 15.3. The van der Waals surface area contributed by atoms with E-state index < -0.39 is 5.54 Å². The maximum atomic E-state index is 13.3. The van der Waals surface area contributed by atoms with Crippen LogP contribution in [0.3, 0.4) is 0 Å². The van der Waals surface area contributed by atoms with Crippen LogP contribution in [0.4, 0.5) is 0 Å². The summed E-state index contributed by atoms with van der Waals surface area (Å²) in [5.41, 5.74) is 0.649. The lowest BCUT2D eigenvalue weighted by atomic mass is 9.74. The van der Waals surface area contributed by atoms with Crippen LogP contribution in [0.15, 0.2) is 24.5 Å². The topological polar surface area (TPSA) is 81.1 Å². The molecule has 3 atom stereocenters. The Hall–Kier alpha value is -1.95. The summed E-state index contributed by atoms with van der Waals surface area (Å²) in [7, 11) is 1.75. The van der Waals surface area contributed by atoms with Crippen molar-refractivity contribution in [2.45, 2.75) is 95.2 Å². The smallest absolute Gasteiger partial charge is 0.254 e. The summed E-state index contributed by atoms with van der Waals surface area (Å²) in [4.78, 5) is 19.0. The Morgan fingerprint density at radius 1 is 1.19 bits per heavy atom. The SMILES string of the molecule is CN1C(=N)N[C@](CCC2CCCCC2)(C[C@@H]2CCC[C@H](NCc3cccnc3)C2)C1=O. The zero-order valence-corrected chi connectivity index (χ0v) is 19.0. The number of aromatic nitrogens is 1. The highest BCUT2D eigenvalue weighted by Gasteiger charge is 2.49. The third-order valence-corrected chi connectivity index (χ3v) is 7.85. The first-order chi connectivity index (χ1) is 15.1. The van der Waals surface area contributed by atoms with Crippen LogP contribution >= 0.6 is 0 Å². The number of nitrogens with one attached hydrogen (secondary N) is 3. The van der Waals surface area contributed by atoms with Gasteiger partial charge in [-0.25, -0.2) is 0 Å². The third kappa shape index (κ3) is 5.46. The van der Waals surface area contributed by atoms with Gasteiger partial charge in [-0.15, -0.1) is 0 Å². The van der Waals surface area contributed by atoms with Crippen LogP contribution in [0.2, 0.25) is 0 Å². The number of hydrogen-bond donors (Lipinski definition) is 3. The number of guanidine groups is 1. The Morgan fingerprint density at radius 2 is 2.00 bits per heavy atom. The lowest BCUT2D eigenvalue weighted by Crippen LogP contribution is -2.49. The Kier molecular flexibility index (Phi) is 7.26. The van der Waals surface area contributed by atoms with Crippen LogP contribution in [0, 0.1) is 17.2 Å². The number of carbonyl (C=O) groups excluding carboxylic acids is 1. The maximum Gasteiger partial charge on any atom is 0.254 e. The fourth-order valence-electron chi connectivity index (χ4n) is 6.04. The first-order valence-electron chi connectivity index (χ1n) is 12.3. The standard InChI is InChI=1S/C25H39N5O/c1-30-23(31)25(29-24(30)26,13-12-19-7-3-2-4-8-19)16-20-9-5-11-22(15-20)28-18-21-10-6-14-27-17-21/h6,10,14,17,19-20,22,28H,2-5,7-9,11-13,15-16,18H2,1H3,(H2,26,29)/t20-,22+,25-/m1/s1. The Morgan fingerprint density at radius 3 is 2.71 bits per heavy atom. The summed E-state index contributed by atoms with van der Waals surface area (Å²) in [6, 6.07) is 4.59. The molecule has 0 bridgehead atoms. The minimum Gasteiger partial charge on any atom is -0.342 e. The molecular formula is C25H39N5O. The minimum atomic E-state index is -0.570. The van der Waals surface area contributed by atoms with Crippen molar-refractivity contribution in [2.24, 2.45) is 11.8 Å². The van der Waals surface area contributed by atoms with E-state index in [4.69, 9.17) is 5.41 Å². The summed E-state index contributed by atoms with van der Waals surface area (Å²) < 4.78 is 0. The van der Waals surface area contributed by atoms with Gasteiger partial charge in [0.25, 0.3) is 5.91 Å². The van der Waals surface area contributed by atoms with E-state index in [0.717, 1.165) is 38.1 Å². The van der Waals surface area contributed by atoms with Gasteiger partial charge in [0.2, 0.25) is 0 Å². The van der Waals surface area contributed by atoms with Gasteiger partial charge < -0.3 is 10.6 Å². The quantitative estimate of drug-likeness (QED) is 0.583. The average Bonchev–Trinajstić information content (AvgIpc) is 3.01. The second-order valence-electron chi connectivity index (χ2n) is 10.1. The summed E-state index contributed by atoms with van der Waals surface area (Å²) in [6.45, 7) is 0.850. The maximum absolute atomic E-state index is 13.3. The van der Waals surface area contributed by atoms with Crippen molar-refractivity contribution < 1.29 is 4.79 Å². The first kappa shape index (κ1) is 22.3. The molecule has 1 aliphatic heterocycles. The number of carbonyl (C=O) groups is 1. The van der Waals surface area contributed by atoms with Crippen LogP contribution in [-0.2, 0) is 11.3 Å². The fraction of sp³-hybridized carbons (Fsp3) is 0.720. The summed E-state index contributed by atoms with van der Waals surface area (Å²) >= 11 is 0. The van der Waals surface area contributed by atoms with Gasteiger partial charge in [-0.2, -0.15) is 0 Å². The van der Waals surface area contributed by atoms with Crippen LogP contribution in [0.25, 0.3) is 0 Å². The highest BCUT2D eigenvalue weighted by Crippen LogP contribution is 2.38. The minimum absolute atomic E-state index is 0.110. The second kappa shape index (κ2) is 10.1. The molecule has 2 heterocycles. The molecule has 6 nitrogen and oxygen atoms in total. The number of nitrogens with zero attached hydrogens (tertiary/aromatic N) is 2. The van der Waals surface area contributed by atoms with Gasteiger partial charge in [0.15, 0.2) is 5.96 Å². The molecule has 3 fully saturated rings. The van der Waals surface area contributed by atoms with E-state index in [-0.39, 0.29) is 11.9 Å². The number of pyridine rings is 1. The van der Waals surface area contributed by atoms with Crippen molar-refractivity contribution in [3.8, 4) is 0 Å². The van der Waals surface area contributed by atoms with Crippen molar-refractivity contribution in [2.75, 3.05) is 7.05 Å². The molecule has 0 unspecified atom stereocenters. The van der Waals surface area contributed by atoms with Gasteiger partial charge in [-0.1, -0.05) is 51.0 Å². The molecule has 1 amide bonds. The van der Waals surface area contributed by atoms with Crippen molar-refractivity contribution in [1.29, 1.82) is 5.41 Å². The molecule has 1 saturated heterocycles. The molecule has 31 heavy (non-hydrogen) atoms. The summed E-state index contributed by atoms with van der Waals surface area (Å²) in [5.74, 6) is 1.65. The third-order valence-electron chi connectivity index (χ3n) is 7.85. The monoisotopic (exact) mass is 425 g/mol. The summed E-state index contributed by atoms with van der Waals surface area (Å²) in [6.07, 6.45) is 17.9. The zero-order chi connectivity index (χ0) is 21.7. The fourth-order valence-corrected chi connectivity index (χ4v) is 6.04. The van der Waals surface area contributed by atoms with Crippen LogP contribution < -0.4 is 10.6 Å². The van der Waals surface area contributed by atoms with Crippen LogP contribution in [0.5, 0.6) is 0 Å². The lowest BCUT2D eigenvalue weighted by molar-refractivity contribution is -0.131.